The topological polar surface area (TPSA) is 55.6 Å². The molecule has 1 aliphatic rings. The molecule has 0 heterocycles. The molecule has 114 valence electrons. The molecule has 0 bridgehead atoms. The number of primary amides is 1. The highest BCUT2D eigenvalue weighted by molar-refractivity contribution is 5.65. The summed E-state index contributed by atoms with van der Waals surface area (Å²) in [6.45, 7) is 6.57. The third kappa shape index (κ3) is 13.5. The first-order valence-corrected chi connectivity index (χ1v) is 7.34. The van der Waals surface area contributed by atoms with Gasteiger partial charge >= 0.3 is 6.09 Å². The summed E-state index contributed by atoms with van der Waals surface area (Å²) in [7, 11) is 4.34. The van der Waals surface area contributed by atoms with Crippen LogP contribution in [0.25, 0.3) is 0 Å². The van der Waals surface area contributed by atoms with Crippen molar-refractivity contribution >= 4 is 6.09 Å². The molecule has 19 heavy (non-hydrogen) atoms. The average Bonchev–Trinajstić information content (AvgIpc) is 2.25. The van der Waals surface area contributed by atoms with Crippen LogP contribution in [0.15, 0.2) is 0 Å². The van der Waals surface area contributed by atoms with Gasteiger partial charge in [0.15, 0.2) is 0 Å². The molecule has 0 unspecified atom stereocenters. The van der Waals surface area contributed by atoms with Crippen molar-refractivity contribution in [2.24, 2.45) is 11.7 Å². The number of ether oxygens (including phenoxy) is 1. The Kier molecular flexibility index (Phi) is 8.81. The molecule has 0 aromatic rings. The van der Waals surface area contributed by atoms with E-state index in [4.69, 9.17) is 5.73 Å². The zero-order valence-electron chi connectivity index (χ0n) is 13.4. The fourth-order valence-electron chi connectivity index (χ4n) is 2.22. The summed E-state index contributed by atoms with van der Waals surface area (Å²) in [4.78, 5) is 12.3. The maximum atomic E-state index is 10.0. The van der Waals surface area contributed by atoms with Crippen LogP contribution < -0.4 is 5.73 Å². The van der Waals surface area contributed by atoms with Crippen molar-refractivity contribution in [1.82, 2.24) is 4.90 Å². The zero-order valence-corrected chi connectivity index (χ0v) is 13.4. The van der Waals surface area contributed by atoms with Crippen LogP contribution in [0.5, 0.6) is 0 Å². The highest BCUT2D eigenvalue weighted by Gasteiger charge is 2.13. The van der Waals surface area contributed by atoms with E-state index in [1.165, 1.54) is 45.1 Å². The van der Waals surface area contributed by atoms with Crippen LogP contribution >= 0.6 is 0 Å². The summed E-state index contributed by atoms with van der Waals surface area (Å²) < 4.78 is 4.58. The van der Waals surface area contributed by atoms with E-state index in [9.17, 15) is 4.79 Å². The van der Waals surface area contributed by atoms with E-state index in [0.29, 0.717) is 0 Å². The number of carbonyl (C=O) groups excluding carboxylic acids is 1. The summed E-state index contributed by atoms with van der Waals surface area (Å²) in [5.74, 6) is 1.05. The Morgan fingerprint density at radius 3 is 2.05 bits per heavy atom. The van der Waals surface area contributed by atoms with Crippen molar-refractivity contribution in [3.8, 4) is 0 Å². The summed E-state index contributed by atoms with van der Waals surface area (Å²) in [5, 5.41) is 0. The molecule has 0 spiro atoms. The van der Waals surface area contributed by atoms with Crippen molar-refractivity contribution in [2.45, 2.75) is 64.9 Å². The minimum Gasteiger partial charge on any atom is -0.444 e. The lowest BCUT2D eigenvalue weighted by Crippen LogP contribution is -2.27. The Morgan fingerprint density at radius 1 is 1.21 bits per heavy atom. The van der Waals surface area contributed by atoms with Gasteiger partial charge in [-0.3, -0.25) is 0 Å². The molecule has 0 radical (unpaired) electrons. The molecule has 1 amide bonds. The summed E-state index contributed by atoms with van der Waals surface area (Å²) >= 11 is 0. The van der Waals surface area contributed by atoms with E-state index >= 15 is 0 Å². The van der Waals surface area contributed by atoms with Gasteiger partial charge in [-0.1, -0.05) is 32.1 Å². The predicted molar refractivity (Wildman–Crippen MR) is 80.2 cm³/mol. The number of nitrogens with two attached hydrogens (primary N) is 1. The Bertz CT molecular complexity index is 241. The lowest BCUT2D eigenvalue weighted by atomic mass is 9.87. The van der Waals surface area contributed by atoms with Crippen LogP contribution in [-0.4, -0.2) is 37.2 Å². The van der Waals surface area contributed by atoms with E-state index in [-0.39, 0.29) is 0 Å². The highest BCUT2D eigenvalue weighted by Crippen LogP contribution is 2.25. The first-order valence-electron chi connectivity index (χ1n) is 7.34. The lowest BCUT2D eigenvalue weighted by Gasteiger charge is -2.22. The normalized spacial score (nSPS) is 16.7. The van der Waals surface area contributed by atoms with Gasteiger partial charge in [-0.25, -0.2) is 4.79 Å². The van der Waals surface area contributed by atoms with Crippen LogP contribution in [-0.2, 0) is 4.74 Å². The first-order chi connectivity index (χ1) is 8.70. The quantitative estimate of drug-likeness (QED) is 0.856. The number of nitrogens with zero attached hydrogens (tertiary/aromatic N) is 1. The minimum absolute atomic E-state index is 0.453. The van der Waals surface area contributed by atoms with Crippen LogP contribution in [0.4, 0.5) is 4.79 Å². The molecule has 4 nitrogen and oxygen atoms in total. The number of hydrogen-bond donors (Lipinski definition) is 1. The van der Waals surface area contributed by atoms with Crippen LogP contribution in [0.2, 0.25) is 0 Å². The molecule has 1 rings (SSSR count). The van der Waals surface area contributed by atoms with E-state index in [1.807, 2.05) is 0 Å². The second kappa shape index (κ2) is 9.18. The van der Waals surface area contributed by atoms with Crippen LogP contribution in [0.3, 0.4) is 0 Å². The molecular weight excluding hydrogens is 240 g/mol. The third-order valence-electron chi connectivity index (χ3n) is 3.12. The smallest absolute Gasteiger partial charge is 0.405 e. The Morgan fingerprint density at radius 2 is 1.74 bits per heavy atom. The molecule has 1 aliphatic carbocycles. The van der Waals surface area contributed by atoms with Crippen LogP contribution in [0, 0.1) is 5.92 Å². The maximum absolute atomic E-state index is 10.0. The number of carbonyl (C=O) groups is 1. The van der Waals surface area contributed by atoms with E-state index in [2.05, 4.69) is 23.7 Å². The van der Waals surface area contributed by atoms with Crippen molar-refractivity contribution in [3.05, 3.63) is 0 Å². The van der Waals surface area contributed by atoms with Gasteiger partial charge in [-0.15, -0.1) is 0 Å². The Labute approximate surface area is 118 Å². The molecule has 0 aromatic carbocycles. The highest BCUT2D eigenvalue weighted by atomic mass is 16.6. The predicted octanol–water partition coefficient (Wildman–Crippen LogP) is 3.40. The maximum Gasteiger partial charge on any atom is 0.405 e. The average molecular weight is 272 g/mol. The second-order valence-corrected chi connectivity index (χ2v) is 6.63. The standard InChI is InChI=1S/C10H21N.C5H11NO2/c1-11(2)9-8-10-6-4-3-5-7-10;1-5(2,3)8-4(6)7/h10H,3-9H2,1-2H3;1-3H3,(H2,6,7). The van der Waals surface area contributed by atoms with Crippen molar-refractivity contribution in [3.63, 3.8) is 0 Å². The van der Waals surface area contributed by atoms with Gasteiger partial charge in [0, 0.05) is 0 Å². The van der Waals surface area contributed by atoms with Gasteiger partial charge in [0.1, 0.15) is 5.60 Å². The van der Waals surface area contributed by atoms with E-state index in [1.54, 1.807) is 20.8 Å². The molecular formula is C15H32N2O2. The molecule has 0 saturated heterocycles. The van der Waals surface area contributed by atoms with Crippen molar-refractivity contribution < 1.29 is 9.53 Å². The second-order valence-electron chi connectivity index (χ2n) is 6.63. The molecule has 0 atom stereocenters. The lowest BCUT2D eigenvalue weighted by molar-refractivity contribution is 0.0600. The molecule has 0 aliphatic heterocycles. The summed E-state index contributed by atoms with van der Waals surface area (Å²) in [6, 6.07) is 0. The largest absolute Gasteiger partial charge is 0.444 e. The SMILES string of the molecule is CC(C)(C)OC(N)=O.CN(C)CCC1CCCCC1. The summed E-state index contributed by atoms with van der Waals surface area (Å²) in [6.07, 6.45) is 8.14. The van der Waals surface area contributed by atoms with Gasteiger partial charge in [0.25, 0.3) is 0 Å². The molecule has 1 fully saturated rings. The number of rotatable bonds is 3. The van der Waals surface area contributed by atoms with Gasteiger partial charge in [0.05, 0.1) is 0 Å². The van der Waals surface area contributed by atoms with Gasteiger partial charge < -0.3 is 15.4 Å². The minimum atomic E-state index is -0.725. The molecule has 2 N–H and O–H groups in total. The fourth-order valence-corrected chi connectivity index (χ4v) is 2.22. The van der Waals surface area contributed by atoms with Gasteiger partial charge in [-0.2, -0.15) is 0 Å². The first kappa shape index (κ1) is 18.2. The summed E-state index contributed by atoms with van der Waals surface area (Å²) in [5.41, 5.74) is 4.26. The monoisotopic (exact) mass is 272 g/mol. The number of hydrogen-bond acceptors (Lipinski definition) is 3. The third-order valence-corrected chi connectivity index (χ3v) is 3.12. The Balaban J connectivity index is 0.000000362. The van der Waals surface area contributed by atoms with E-state index in [0.717, 1.165) is 5.92 Å². The zero-order chi connectivity index (χ0) is 14.9. The molecule has 4 heteroatoms. The Hall–Kier alpha value is -0.770. The van der Waals surface area contributed by atoms with Crippen LogP contribution in [0.1, 0.15) is 59.3 Å². The number of amides is 1. The van der Waals surface area contributed by atoms with Gasteiger partial charge in [-0.05, 0) is 53.8 Å². The molecule has 0 aromatic heterocycles. The van der Waals surface area contributed by atoms with Gasteiger partial charge in [0.2, 0.25) is 0 Å². The fraction of sp³-hybridized carbons (Fsp3) is 0.933. The molecule has 1 saturated carbocycles. The van der Waals surface area contributed by atoms with Crippen molar-refractivity contribution in [2.75, 3.05) is 20.6 Å². The van der Waals surface area contributed by atoms with E-state index < -0.39 is 11.7 Å². The van der Waals surface area contributed by atoms with Crippen molar-refractivity contribution in [1.29, 1.82) is 0 Å².